The Morgan fingerprint density at radius 2 is 1.75 bits per heavy atom. The summed E-state index contributed by atoms with van der Waals surface area (Å²) in [6.45, 7) is 2.28. The third kappa shape index (κ3) is 3.56. The topological polar surface area (TPSA) is 74.7 Å². The van der Waals surface area contributed by atoms with Crippen molar-refractivity contribution in [3.05, 3.63) is 29.8 Å². The first kappa shape index (κ1) is 18.7. The van der Waals surface area contributed by atoms with E-state index in [1.54, 1.807) is 12.1 Å². The Kier molecular flexibility index (Phi) is 4.96. The minimum Gasteiger partial charge on any atom is -0.481 e. The highest BCUT2D eigenvalue weighted by molar-refractivity contribution is 7.89. The lowest BCUT2D eigenvalue weighted by atomic mass is 9.96. The summed E-state index contributed by atoms with van der Waals surface area (Å²) in [7, 11) is -4.17. The van der Waals surface area contributed by atoms with Crippen LogP contribution in [0.5, 0.6) is 0 Å². The maximum absolute atomic E-state index is 13.0. The highest BCUT2D eigenvalue weighted by Crippen LogP contribution is 2.39. The van der Waals surface area contributed by atoms with Gasteiger partial charge in [0.05, 0.1) is 16.7 Å². The molecule has 1 saturated heterocycles. The summed E-state index contributed by atoms with van der Waals surface area (Å²) in [5.74, 6) is -5.47. The third-order valence-corrected chi connectivity index (χ3v) is 6.05. The van der Waals surface area contributed by atoms with Crippen LogP contribution in [0.15, 0.2) is 29.2 Å². The summed E-state index contributed by atoms with van der Waals surface area (Å²) in [6.07, 6.45) is -4.77. The second-order valence-corrected chi connectivity index (χ2v) is 8.08. The van der Waals surface area contributed by atoms with E-state index in [-0.39, 0.29) is 10.8 Å². The Balaban J connectivity index is 2.31. The van der Waals surface area contributed by atoms with Crippen LogP contribution in [0.2, 0.25) is 0 Å². The van der Waals surface area contributed by atoms with Crippen molar-refractivity contribution in [2.75, 3.05) is 13.1 Å². The van der Waals surface area contributed by atoms with E-state index in [1.807, 2.05) is 13.8 Å². The van der Waals surface area contributed by atoms with Gasteiger partial charge in [-0.2, -0.15) is 17.5 Å². The minimum absolute atomic E-state index is 0.140. The molecule has 0 saturated carbocycles. The number of carboxylic acids is 1. The number of benzene rings is 1. The van der Waals surface area contributed by atoms with Crippen molar-refractivity contribution in [1.82, 2.24) is 4.31 Å². The summed E-state index contributed by atoms with van der Waals surface area (Å²) in [5.41, 5.74) is 0.895. The third-order valence-electron chi connectivity index (χ3n) is 4.21. The maximum Gasteiger partial charge on any atom is 0.393 e. The Morgan fingerprint density at radius 3 is 2.12 bits per heavy atom. The fourth-order valence-electron chi connectivity index (χ4n) is 2.72. The molecule has 1 aliphatic rings. The van der Waals surface area contributed by atoms with Crippen molar-refractivity contribution in [3.8, 4) is 0 Å². The van der Waals surface area contributed by atoms with Crippen LogP contribution in [0.25, 0.3) is 0 Å². The number of hydrogen-bond acceptors (Lipinski definition) is 3. The van der Waals surface area contributed by atoms with Crippen LogP contribution >= 0.6 is 0 Å². The van der Waals surface area contributed by atoms with Crippen LogP contribution in [0.3, 0.4) is 0 Å². The summed E-state index contributed by atoms with van der Waals surface area (Å²) in [5, 5.41) is 8.98. The van der Waals surface area contributed by atoms with E-state index in [0.29, 0.717) is 4.31 Å². The van der Waals surface area contributed by atoms with Gasteiger partial charge in [-0.3, -0.25) is 4.79 Å². The van der Waals surface area contributed by atoms with Gasteiger partial charge in [0.2, 0.25) is 10.0 Å². The van der Waals surface area contributed by atoms with Crippen molar-refractivity contribution in [1.29, 1.82) is 0 Å². The number of carbonyl (C=O) groups is 1. The van der Waals surface area contributed by atoms with E-state index in [1.165, 1.54) is 12.1 Å². The van der Waals surface area contributed by atoms with E-state index < -0.39 is 47.1 Å². The highest BCUT2D eigenvalue weighted by atomic mass is 32.2. The van der Waals surface area contributed by atoms with E-state index in [9.17, 15) is 26.4 Å². The van der Waals surface area contributed by atoms with Crippen LogP contribution < -0.4 is 0 Å². The Bertz CT molecular complexity index is 713. The zero-order valence-electron chi connectivity index (χ0n) is 13.1. The maximum atomic E-state index is 13.0. The van der Waals surface area contributed by atoms with E-state index >= 15 is 0 Å². The Morgan fingerprint density at radius 1 is 1.21 bits per heavy atom. The largest absolute Gasteiger partial charge is 0.481 e. The summed E-state index contributed by atoms with van der Waals surface area (Å²) >= 11 is 0. The average Bonchev–Trinajstić information content (AvgIpc) is 2.93. The lowest BCUT2D eigenvalue weighted by Gasteiger charge is -2.18. The second-order valence-electron chi connectivity index (χ2n) is 6.14. The number of nitrogens with zero attached hydrogens (tertiary/aromatic N) is 1. The van der Waals surface area contributed by atoms with E-state index in [2.05, 4.69) is 0 Å². The molecule has 1 N–H and O–H groups in total. The molecule has 9 heteroatoms. The van der Waals surface area contributed by atoms with Crippen molar-refractivity contribution in [2.45, 2.75) is 30.8 Å². The van der Waals surface area contributed by atoms with Crippen LogP contribution in [-0.2, 0) is 14.8 Å². The van der Waals surface area contributed by atoms with E-state index in [0.717, 1.165) is 5.56 Å². The SMILES string of the molecule is CC(C)c1ccc(S(=O)(=O)N2C[C@@H](C(F)(F)F)[C@H](C(=O)O)C2)cc1. The molecule has 1 aliphatic heterocycles. The van der Waals surface area contributed by atoms with E-state index in [4.69, 9.17) is 5.11 Å². The molecule has 1 heterocycles. The number of alkyl halides is 3. The molecular formula is C15H18F3NO4S. The summed E-state index contributed by atoms with van der Waals surface area (Å²) in [6, 6.07) is 5.87. The van der Waals surface area contributed by atoms with Gasteiger partial charge in [-0.15, -0.1) is 0 Å². The van der Waals surface area contributed by atoms with Gasteiger partial charge in [-0.05, 0) is 23.6 Å². The number of rotatable bonds is 4. The van der Waals surface area contributed by atoms with Crippen LogP contribution in [0, 0.1) is 11.8 Å². The molecule has 0 aliphatic carbocycles. The summed E-state index contributed by atoms with van der Waals surface area (Å²) < 4.78 is 64.6. The fraction of sp³-hybridized carbons (Fsp3) is 0.533. The molecule has 0 bridgehead atoms. The molecule has 0 unspecified atom stereocenters. The lowest BCUT2D eigenvalue weighted by molar-refractivity contribution is -0.187. The van der Waals surface area contributed by atoms with Gasteiger partial charge in [0.15, 0.2) is 0 Å². The van der Waals surface area contributed by atoms with Crippen LogP contribution in [0.1, 0.15) is 25.3 Å². The normalized spacial score (nSPS) is 22.9. The van der Waals surface area contributed by atoms with Gasteiger partial charge in [0.1, 0.15) is 0 Å². The van der Waals surface area contributed by atoms with Crippen molar-refractivity contribution in [2.24, 2.45) is 11.8 Å². The minimum atomic E-state index is -4.77. The first-order valence-electron chi connectivity index (χ1n) is 7.34. The lowest BCUT2D eigenvalue weighted by Crippen LogP contribution is -2.34. The predicted octanol–water partition coefficient (Wildman–Crippen LogP) is 2.69. The quantitative estimate of drug-likeness (QED) is 0.890. The fourth-order valence-corrected chi connectivity index (χ4v) is 4.21. The van der Waals surface area contributed by atoms with Gasteiger partial charge in [-0.25, -0.2) is 8.42 Å². The molecule has 2 rings (SSSR count). The first-order valence-corrected chi connectivity index (χ1v) is 8.78. The molecule has 1 aromatic carbocycles. The van der Waals surface area contributed by atoms with Crippen molar-refractivity contribution in [3.63, 3.8) is 0 Å². The number of aliphatic carboxylic acids is 1. The first-order chi connectivity index (χ1) is 10.9. The molecule has 5 nitrogen and oxygen atoms in total. The molecule has 0 amide bonds. The van der Waals surface area contributed by atoms with Gasteiger partial charge < -0.3 is 5.11 Å². The van der Waals surface area contributed by atoms with Crippen LogP contribution in [0.4, 0.5) is 13.2 Å². The zero-order chi connectivity index (χ0) is 18.3. The number of hydrogen-bond donors (Lipinski definition) is 1. The molecule has 0 aromatic heterocycles. The Hall–Kier alpha value is -1.61. The van der Waals surface area contributed by atoms with Gasteiger partial charge in [-0.1, -0.05) is 26.0 Å². The summed E-state index contributed by atoms with van der Waals surface area (Å²) in [4.78, 5) is 10.9. The van der Waals surface area contributed by atoms with Gasteiger partial charge in [0.25, 0.3) is 0 Å². The molecular weight excluding hydrogens is 347 g/mol. The van der Waals surface area contributed by atoms with Crippen molar-refractivity contribution < 1.29 is 31.5 Å². The molecule has 2 atom stereocenters. The average molecular weight is 365 g/mol. The molecule has 24 heavy (non-hydrogen) atoms. The molecule has 1 aromatic rings. The standard InChI is InChI=1S/C15H18F3NO4S/c1-9(2)10-3-5-11(6-4-10)24(22,23)19-7-12(14(20)21)13(8-19)15(16,17)18/h3-6,9,12-13H,7-8H2,1-2H3,(H,20,21)/t12-,13-/m1/s1. The molecule has 1 fully saturated rings. The highest BCUT2D eigenvalue weighted by Gasteiger charge is 2.54. The monoisotopic (exact) mass is 365 g/mol. The predicted molar refractivity (Wildman–Crippen MR) is 80.0 cm³/mol. The molecule has 0 radical (unpaired) electrons. The van der Waals surface area contributed by atoms with Gasteiger partial charge in [0, 0.05) is 13.1 Å². The Labute approximate surface area is 138 Å². The second kappa shape index (κ2) is 6.36. The number of sulfonamides is 1. The zero-order valence-corrected chi connectivity index (χ0v) is 13.9. The molecule has 134 valence electrons. The molecule has 0 spiro atoms. The number of halogens is 3. The van der Waals surface area contributed by atoms with Crippen LogP contribution in [-0.4, -0.2) is 43.1 Å². The van der Waals surface area contributed by atoms with Gasteiger partial charge >= 0.3 is 12.1 Å². The number of carboxylic acid groups (broad SMARTS) is 1. The smallest absolute Gasteiger partial charge is 0.393 e. The van der Waals surface area contributed by atoms with Crippen molar-refractivity contribution >= 4 is 16.0 Å².